The van der Waals surface area contributed by atoms with Crippen molar-refractivity contribution in [1.29, 1.82) is 0 Å². The van der Waals surface area contributed by atoms with Gasteiger partial charge in [0.25, 0.3) is 0 Å². The summed E-state index contributed by atoms with van der Waals surface area (Å²) in [7, 11) is 0. The molecular weight excluding hydrogens is 583 g/mol. The fraction of sp³-hybridized carbons (Fsp3) is 0.0732. The Morgan fingerprint density at radius 3 is 2.13 bits per heavy atom. The highest BCUT2D eigenvalue weighted by Gasteiger charge is 2.25. The Morgan fingerprint density at radius 1 is 0.609 bits per heavy atom. The van der Waals surface area contributed by atoms with Gasteiger partial charge in [0.15, 0.2) is 0 Å². The van der Waals surface area contributed by atoms with E-state index in [2.05, 4.69) is 128 Å². The average Bonchev–Trinajstić information content (AvgIpc) is 3.77. The first-order valence-corrected chi connectivity index (χ1v) is 16.4. The molecule has 0 spiro atoms. The van der Waals surface area contributed by atoms with Crippen molar-refractivity contribution >= 4 is 86.2 Å². The van der Waals surface area contributed by atoms with Gasteiger partial charge in [-0.2, -0.15) is 0 Å². The topological polar surface area (TPSA) is 43.9 Å². The van der Waals surface area contributed by atoms with E-state index >= 15 is 0 Å². The average molecular weight is 610 g/mol. The second kappa shape index (κ2) is 9.25. The van der Waals surface area contributed by atoms with Crippen LogP contribution in [0, 0.1) is 20.8 Å². The number of aryl methyl sites for hydroxylation is 3. The molecule has 0 unspecified atom stereocenters. The summed E-state index contributed by atoms with van der Waals surface area (Å²) in [5, 5.41) is 9.43. The molecule has 6 aromatic carbocycles. The zero-order valence-corrected chi connectivity index (χ0v) is 26.4. The van der Waals surface area contributed by atoms with E-state index in [1.807, 2.05) is 6.07 Å². The molecule has 4 nitrogen and oxygen atoms in total. The van der Waals surface area contributed by atoms with Crippen LogP contribution in [0.1, 0.15) is 16.8 Å². The number of hydrogen-bond acceptors (Lipinski definition) is 4. The molecule has 10 aromatic rings. The molecule has 4 heterocycles. The van der Waals surface area contributed by atoms with Crippen molar-refractivity contribution in [2.24, 2.45) is 0 Å². The predicted octanol–water partition coefficient (Wildman–Crippen LogP) is 11.6. The third-order valence-electron chi connectivity index (χ3n) is 9.56. The molecule has 0 fully saturated rings. The molecule has 0 aliphatic rings. The zero-order valence-electron chi connectivity index (χ0n) is 25.6. The first-order chi connectivity index (χ1) is 22.6. The van der Waals surface area contributed by atoms with Crippen molar-refractivity contribution in [1.82, 2.24) is 14.5 Å². The van der Waals surface area contributed by atoms with Crippen molar-refractivity contribution in [2.45, 2.75) is 20.8 Å². The summed E-state index contributed by atoms with van der Waals surface area (Å²) in [5.74, 6) is 0.923. The van der Waals surface area contributed by atoms with E-state index in [0.717, 1.165) is 71.5 Å². The maximum absolute atomic E-state index is 6.57. The molecule has 218 valence electrons. The number of imidazole rings is 1. The lowest BCUT2D eigenvalue weighted by atomic mass is 9.99. The molecule has 0 bridgehead atoms. The highest BCUT2D eigenvalue weighted by Crippen LogP contribution is 2.45. The molecule has 5 heteroatoms. The van der Waals surface area contributed by atoms with Gasteiger partial charge in [-0.25, -0.2) is 9.97 Å². The normalized spacial score (nSPS) is 12.2. The molecule has 0 radical (unpaired) electrons. The minimum absolute atomic E-state index is 0.905. The fourth-order valence-electron chi connectivity index (χ4n) is 7.57. The van der Waals surface area contributed by atoms with E-state index in [1.165, 1.54) is 37.2 Å². The van der Waals surface area contributed by atoms with Gasteiger partial charge in [0.2, 0.25) is 0 Å². The molecule has 0 aliphatic heterocycles. The number of benzene rings is 6. The second-order valence-corrected chi connectivity index (χ2v) is 13.3. The van der Waals surface area contributed by atoms with Crippen molar-refractivity contribution in [3.63, 3.8) is 0 Å². The Labute approximate surface area is 268 Å². The molecule has 4 aromatic heterocycles. The van der Waals surface area contributed by atoms with Crippen LogP contribution in [0.3, 0.4) is 0 Å². The SMILES string of the molecule is Cc1ccc2c(n1)sc1c(-c3nc4c5ccccc5c5ccccc5c4n3-c3c(C)cc4c(oc5ccccc54)c3C)cccc12. The highest BCUT2D eigenvalue weighted by molar-refractivity contribution is 7.26. The van der Waals surface area contributed by atoms with Gasteiger partial charge in [0.1, 0.15) is 21.8 Å². The monoisotopic (exact) mass is 609 g/mol. The van der Waals surface area contributed by atoms with E-state index in [9.17, 15) is 0 Å². The highest BCUT2D eigenvalue weighted by atomic mass is 32.1. The van der Waals surface area contributed by atoms with Crippen LogP contribution in [0.25, 0.3) is 91.9 Å². The van der Waals surface area contributed by atoms with Gasteiger partial charge in [-0.15, -0.1) is 11.3 Å². The van der Waals surface area contributed by atoms with E-state index in [1.54, 1.807) is 11.3 Å². The molecule has 0 N–H and O–H groups in total. The zero-order chi connectivity index (χ0) is 30.7. The number of thiophene rings is 1. The third kappa shape index (κ3) is 3.38. The minimum Gasteiger partial charge on any atom is -0.456 e. The summed E-state index contributed by atoms with van der Waals surface area (Å²) in [6.07, 6.45) is 0. The lowest BCUT2D eigenvalue weighted by molar-refractivity contribution is 0.665. The fourth-order valence-corrected chi connectivity index (χ4v) is 8.80. The number of rotatable bonds is 2. The molecule has 0 atom stereocenters. The summed E-state index contributed by atoms with van der Waals surface area (Å²) >= 11 is 1.75. The van der Waals surface area contributed by atoms with Crippen LogP contribution in [0.15, 0.2) is 114 Å². The van der Waals surface area contributed by atoms with Crippen molar-refractivity contribution in [3.8, 4) is 17.1 Å². The molecule has 0 saturated carbocycles. The number of furan rings is 1. The number of fused-ring (bicyclic) bond motifs is 12. The first-order valence-electron chi connectivity index (χ1n) is 15.6. The van der Waals surface area contributed by atoms with Crippen LogP contribution in [0.4, 0.5) is 0 Å². The molecular formula is C41H27N3OS. The molecule has 10 rings (SSSR count). The summed E-state index contributed by atoms with van der Waals surface area (Å²) in [4.78, 5) is 11.6. The number of pyridine rings is 1. The van der Waals surface area contributed by atoms with Gasteiger partial charge in [-0.3, -0.25) is 4.57 Å². The molecule has 0 amide bonds. The van der Waals surface area contributed by atoms with Crippen molar-refractivity contribution < 1.29 is 4.42 Å². The smallest absolute Gasteiger partial charge is 0.147 e. The molecule has 0 saturated heterocycles. The minimum atomic E-state index is 0.905. The standard InChI is InChI=1S/C41H27N3OS/c1-22-21-33-27-13-8-9-18-34(27)45-38(33)24(3)36(22)44-37-29-15-7-5-12-26(29)25-11-4-6-14-28(25)35(37)43-40(44)32-17-10-16-30-31-20-19-23(2)42-41(31)46-39(30)32/h4-21H,1-3H3. The quantitative estimate of drug-likeness (QED) is 0.183. The Hall–Kier alpha value is -5.52. The lowest BCUT2D eigenvalue weighted by Crippen LogP contribution is -2.03. The third-order valence-corrected chi connectivity index (χ3v) is 10.7. The van der Waals surface area contributed by atoms with Crippen LogP contribution in [0.5, 0.6) is 0 Å². The van der Waals surface area contributed by atoms with Crippen LogP contribution >= 0.6 is 11.3 Å². The maximum Gasteiger partial charge on any atom is 0.147 e. The van der Waals surface area contributed by atoms with Gasteiger partial charge >= 0.3 is 0 Å². The molecule has 46 heavy (non-hydrogen) atoms. The van der Waals surface area contributed by atoms with Crippen LogP contribution in [0.2, 0.25) is 0 Å². The summed E-state index contributed by atoms with van der Waals surface area (Å²) in [6.45, 7) is 6.47. The number of para-hydroxylation sites is 1. The number of nitrogens with zero attached hydrogens (tertiary/aromatic N) is 3. The van der Waals surface area contributed by atoms with Crippen LogP contribution in [-0.4, -0.2) is 14.5 Å². The van der Waals surface area contributed by atoms with Crippen LogP contribution < -0.4 is 0 Å². The summed E-state index contributed by atoms with van der Waals surface area (Å²) in [6, 6.07) is 38.9. The molecule has 0 aliphatic carbocycles. The Morgan fingerprint density at radius 2 is 1.30 bits per heavy atom. The predicted molar refractivity (Wildman–Crippen MR) is 194 cm³/mol. The maximum atomic E-state index is 6.57. The van der Waals surface area contributed by atoms with Gasteiger partial charge in [0, 0.05) is 53.8 Å². The van der Waals surface area contributed by atoms with Crippen LogP contribution in [-0.2, 0) is 0 Å². The Balaban J connectivity index is 1.43. The number of hydrogen-bond donors (Lipinski definition) is 0. The Bertz CT molecular complexity index is 2910. The van der Waals surface area contributed by atoms with Crippen molar-refractivity contribution in [2.75, 3.05) is 0 Å². The van der Waals surface area contributed by atoms with E-state index < -0.39 is 0 Å². The van der Waals surface area contributed by atoms with E-state index in [4.69, 9.17) is 14.4 Å². The first kappa shape index (κ1) is 25.8. The Kier molecular flexibility index (Phi) is 5.18. The lowest BCUT2D eigenvalue weighted by Gasteiger charge is -2.17. The van der Waals surface area contributed by atoms with Gasteiger partial charge in [-0.1, -0.05) is 78.9 Å². The largest absolute Gasteiger partial charge is 0.456 e. The number of aromatic nitrogens is 3. The van der Waals surface area contributed by atoms with Gasteiger partial charge in [-0.05, 0) is 67.4 Å². The van der Waals surface area contributed by atoms with Gasteiger partial charge < -0.3 is 4.42 Å². The van der Waals surface area contributed by atoms with Crippen molar-refractivity contribution in [3.05, 3.63) is 126 Å². The second-order valence-electron chi connectivity index (χ2n) is 12.3. The summed E-state index contributed by atoms with van der Waals surface area (Å²) in [5.41, 5.74) is 9.44. The van der Waals surface area contributed by atoms with E-state index in [-0.39, 0.29) is 0 Å². The summed E-state index contributed by atoms with van der Waals surface area (Å²) < 4.78 is 10.2. The van der Waals surface area contributed by atoms with E-state index in [0.29, 0.717) is 0 Å². The van der Waals surface area contributed by atoms with Gasteiger partial charge in [0.05, 0.1) is 16.7 Å².